The molecule has 1 atom stereocenters. The van der Waals surface area contributed by atoms with Crippen molar-refractivity contribution in [1.82, 2.24) is 4.57 Å². The number of hydrogen-bond donors (Lipinski definition) is 1. The van der Waals surface area contributed by atoms with Gasteiger partial charge in [0.2, 0.25) is 0 Å². The first-order valence-corrected chi connectivity index (χ1v) is 10.5. The number of ether oxygens (including phenoxy) is 1. The number of aryl methyl sites for hydroxylation is 1. The number of aliphatic carboxylic acids is 1. The predicted molar refractivity (Wildman–Crippen MR) is 118 cm³/mol. The lowest BCUT2D eigenvalue weighted by atomic mass is 10.0. The fourth-order valence-electron chi connectivity index (χ4n) is 3.80. The van der Waals surface area contributed by atoms with Crippen molar-refractivity contribution >= 4 is 22.7 Å². The Hall–Kier alpha value is -3.08. The highest BCUT2D eigenvalue weighted by Gasteiger charge is 2.17. The number of fused-ring (bicyclic) bond motifs is 1. The standard InChI is InChI=1S/C25H29NO4/c1-17(2)15-18(3)30-20-12-10-19(11-13-20)25(29)22-16-26(14-6-9-24(27)28)23-8-5-4-7-21(22)23/h4-5,7-8,10-13,16-18H,6,9,14-15H2,1-3H3,(H,27,28). The minimum atomic E-state index is -0.812. The highest BCUT2D eigenvalue weighted by atomic mass is 16.5. The summed E-state index contributed by atoms with van der Waals surface area (Å²) in [6.07, 6.45) is 3.55. The van der Waals surface area contributed by atoms with E-state index in [0.717, 1.165) is 23.1 Å². The molecule has 158 valence electrons. The van der Waals surface area contributed by atoms with Gasteiger partial charge in [-0.15, -0.1) is 0 Å². The summed E-state index contributed by atoms with van der Waals surface area (Å²) < 4.78 is 7.91. The van der Waals surface area contributed by atoms with Gasteiger partial charge in [-0.05, 0) is 56.0 Å². The number of rotatable bonds is 10. The zero-order valence-corrected chi connectivity index (χ0v) is 17.8. The molecule has 5 nitrogen and oxygen atoms in total. The molecule has 0 fully saturated rings. The monoisotopic (exact) mass is 407 g/mol. The van der Waals surface area contributed by atoms with Crippen LogP contribution < -0.4 is 4.74 Å². The second kappa shape index (κ2) is 9.61. The largest absolute Gasteiger partial charge is 0.491 e. The van der Waals surface area contributed by atoms with E-state index in [1.165, 1.54) is 0 Å². The predicted octanol–water partition coefficient (Wildman–Crippen LogP) is 5.55. The first-order chi connectivity index (χ1) is 14.3. The van der Waals surface area contributed by atoms with Crippen molar-refractivity contribution in [1.29, 1.82) is 0 Å². The fraction of sp³-hybridized carbons (Fsp3) is 0.360. The number of benzene rings is 2. The smallest absolute Gasteiger partial charge is 0.303 e. The van der Waals surface area contributed by atoms with Crippen molar-refractivity contribution < 1.29 is 19.4 Å². The van der Waals surface area contributed by atoms with Crippen molar-refractivity contribution in [3.63, 3.8) is 0 Å². The van der Waals surface area contributed by atoms with E-state index in [2.05, 4.69) is 20.8 Å². The molecule has 0 saturated carbocycles. The summed E-state index contributed by atoms with van der Waals surface area (Å²) in [5.74, 6) is 0.460. The van der Waals surface area contributed by atoms with Crippen LogP contribution in [0.2, 0.25) is 0 Å². The van der Waals surface area contributed by atoms with Gasteiger partial charge in [0.15, 0.2) is 5.78 Å². The van der Waals surface area contributed by atoms with Crippen LogP contribution in [0.1, 0.15) is 56.0 Å². The Morgan fingerprint density at radius 3 is 2.40 bits per heavy atom. The van der Waals surface area contributed by atoms with E-state index in [0.29, 0.717) is 30.0 Å². The average molecular weight is 408 g/mol. The van der Waals surface area contributed by atoms with Crippen LogP contribution in [0.4, 0.5) is 0 Å². The number of carbonyl (C=O) groups excluding carboxylic acids is 1. The summed E-state index contributed by atoms with van der Waals surface area (Å²) in [7, 11) is 0. The Bertz CT molecular complexity index is 1020. The van der Waals surface area contributed by atoms with Gasteiger partial charge in [0.05, 0.1) is 6.10 Å². The van der Waals surface area contributed by atoms with Crippen LogP contribution in [0.15, 0.2) is 54.7 Å². The van der Waals surface area contributed by atoms with E-state index in [4.69, 9.17) is 9.84 Å². The van der Waals surface area contributed by atoms with Gasteiger partial charge in [-0.3, -0.25) is 9.59 Å². The van der Waals surface area contributed by atoms with Gasteiger partial charge < -0.3 is 14.4 Å². The molecule has 0 spiro atoms. The van der Waals surface area contributed by atoms with Crippen LogP contribution in [0.3, 0.4) is 0 Å². The van der Waals surface area contributed by atoms with Crippen molar-refractivity contribution in [2.24, 2.45) is 5.92 Å². The molecule has 1 unspecified atom stereocenters. The zero-order chi connectivity index (χ0) is 21.7. The van der Waals surface area contributed by atoms with Gasteiger partial charge in [-0.25, -0.2) is 0 Å². The molecule has 3 aromatic rings. The number of para-hydroxylation sites is 1. The van der Waals surface area contributed by atoms with Gasteiger partial charge >= 0.3 is 5.97 Å². The lowest BCUT2D eigenvalue weighted by molar-refractivity contribution is -0.137. The Morgan fingerprint density at radius 2 is 1.73 bits per heavy atom. The van der Waals surface area contributed by atoms with E-state index in [9.17, 15) is 9.59 Å². The molecular formula is C25H29NO4. The maximum Gasteiger partial charge on any atom is 0.303 e. The molecule has 1 N–H and O–H groups in total. The normalized spacial score (nSPS) is 12.3. The zero-order valence-electron chi connectivity index (χ0n) is 17.8. The molecule has 0 saturated heterocycles. The maximum atomic E-state index is 13.2. The second-order valence-corrected chi connectivity index (χ2v) is 8.16. The Balaban J connectivity index is 1.80. The molecular weight excluding hydrogens is 378 g/mol. The van der Waals surface area contributed by atoms with E-state index < -0.39 is 5.97 Å². The minimum Gasteiger partial charge on any atom is -0.491 e. The Labute approximate surface area is 177 Å². The first-order valence-electron chi connectivity index (χ1n) is 10.5. The van der Waals surface area contributed by atoms with Crippen LogP contribution >= 0.6 is 0 Å². The van der Waals surface area contributed by atoms with Crippen molar-refractivity contribution in [3.8, 4) is 5.75 Å². The summed E-state index contributed by atoms with van der Waals surface area (Å²) in [5.41, 5.74) is 2.17. The van der Waals surface area contributed by atoms with Gasteiger partial charge in [0, 0.05) is 41.2 Å². The lowest BCUT2D eigenvalue weighted by Gasteiger charge is -2.16. The summed E-state index contributed by atoms with van der Waals surface area (Å²) >= 11 is 0. The number of nitrogens with zero attached hydrogens (tertiary/aromatic N) is 1. The lowest BCUT2D eigenvalue weighted by Crippen LogP contribution is -2.14. The number of hydrogen-bond acceptors (Lipinski definition) is 3. The fourth-order valence-corrected chi connectivity index (χ4v) is 3.80. The third-order valence-corrected chi connectivity index (χ3v) is 5.08. The van der Waals surface area contributed by atoms with Crippen molar-refractivity contribution in [2.75, 3.05) is 0 Å². The summed E-state index contributed by atoms with van der Waals surface area (Å²) in [4.78, 5) is 24.0. The van der Waals surface area contributed by atoms with Gasteiger partial charge in [0.1, 0.15) is 5.75 Å². The molecule has 0 aliphatic heterocycles. The summed E-state index contributed by atoms with van der Waals surface area (Å²) in [5, 5.41) is 9.77. The quantitative estimate of drug-likeness (QED) is 0.447. The highest BCUT2D eigenvalue weighted by Crippen LogP contribution is 2.25. The minimum absolute atomic E-state index is 0.0510. The summed E-state index contributed by atoms with van der Waals surface area (Å²) in [6, 6.07) is 15.0. The van der Waals surface area contributed by atoms with Crippen LogP contribution in [0.25, 0.3) is 10.9 Å². The summed E-state index contributed by atoms with van der Waals surface area (Å²) in [6.45, 7) is 6.94. The van der Waals surface area contributed by atoms with E-state index in [1.54, 1.807) is 12.1 Å². The van der Waals surface area contributed by atoms with Crippen LogP contribution in [0, 0.1) is 5.92 Å². The SMILES string of the molecule is CC(C)CC(C)Oc1ccc(C(=O)c2cn(CCCC(=O)O)c3ccccc23)cc1. The van der Waals surface area contributed by atoms with Crippen LogP contribution in [0.5, 0.6) is 5.75 Å². The third kappa shape index (κ3) is 5.29. The van der Waals surface area contributed by atoms with Crippen molar-refractivity contribution in [3.05, 3.63) is 65.9 Å². The molecule has 1 heterocycles. The first kappa shape index (κ1) is 21.6. The molecule has 5 heteroatoms. The number of ketones is 1. The van der Waals surface area contributed by atoms with Crippen LogP contribution in [-0.2, 0) is 11.3 Å². The molecule has 30 heavy (non-hydrogen) atoms. The van der Waals surface area contributed by atoms with E-state index in [1.807, 2.05) is 47.2 Å². The Kier molecular flexibility index (Phi) is 6.93. The van der Waals surface area contributed by atoms with Gasteiger partial charge in [-0.1, -0.05) is 32.0 Å². The van der Waals surface area contributed by atoms with Gasteiger partial charge in [-0.2, -0.15) is 0 Å². The molecule has 1 aromatic heterocycles. The second-order valence-electron chi connectivity index (χ2n) is 8.16. The molecule has 3 rings (SSSR count). The molecule has 0 aliphatic rings. The number of carbonyl (C=O) groups is 2. The topological polar surface area (TPSA) is 68.5 Å². The number of carboxylic acids is 1. The number of carboxylic acid groups (broad SMARTS) is 1. The van der Waals surface area contributed by atoms with E-state index >= 15 is 0 Å². The Morgan fingerprint density at radius 1 is 1.03 bits per heavy atom. The van der Waals surface area contributed by atoms with E-state index in [-0.39, 0.29) is 18.3 Å². The molecule has 0 amide bonds. The molecule has 0 aliphatic carbocycles. The average Bonchev–Trinajstić information content (AvgIpc) is 3.06. The maximum absolute atomic E-state index is 13.2. The molecule has 2 aromatic carbocycles. The van der Waals surface area contributed by atoms with Crippen molar-refractivity contribution in [2.45, 2.75) is 52.7 Å². The molecule has 0 radical (unpaired) electrons. The number of aromatic nitrogens is 1. The molecule has 0 bridgehead atoms. The highest BCUT2D eigenvalue weighted by molar-refractivity contribution is 6.16. The third-order valence-electron chi connectivity index (χ3n) is 5.08. The van der Waals surface area contributed by atoms with Crippen LogP contribution in [-0.4, -0.2) is 27.5 Å². The van der Waals surface area contributed by atoms with Gasteiger partial charge in [0.25, 0.3) is 0 Å².